The highest BCUT2D eigenvalue weighted by Crippen LogP contribution is 2.59. The summed E-state index contributed by atoms with van der Waals surface area (Å²) in [6, 6.07) is 9.90. The maximum atomic E-state index is 13.3. The van der Waals surface area contributed by atoms with E-state index in [0.717, 1.165) is 5.56 Å². The largest absolute Gasteiger partial charge is 0.465 e. The number of fused-ring (bicyclic) bond motifs is 3. The molecule has 4 rings (SSSR count). The minimum atomic E-state index is -2.32. The molecule has 0 aromatic heterocycles. The first-order valence-corrected chi connectivity index (χ1v) is 14.2. The van der Waals surface area contributed by atoms with Crippen molar-refractivity contribution < 1.29 is 28.2 Å². The van der Waals surface area contributed by atoms with Gasteiger partial charge in [0, 0.05) is 6.42 Å². The normalized spacial score (nSPS) is 34.2. The lowest BCUT2D eigenvalue weighted by atomic mass is 9.67. The Kier molecular flexibility index (Phi) is 5.77. The van der Waals surface area contributed by atoms with Crippen LogP contribution in [-0.4, -0.2) is 50.6 Å². The van der Waals surface area contributed by atoms with Crippen LogP contribution in [0.1, 0.15) is 39.7 Å². The van der Waals surface area contributed by atoms with Gasteiger partial charge in [-0.1, -0.05) is 57.2 Å². The predicted molar refractivity (Wildman–Crippen MR) is 123 cm³/mol. The molecule has 1 unspecified atom stereocenters. The number of esters is 1. The van der Waals surface area contributed by atoms with Gasteiger partial charge >= 0.3 is 5.97 Å². The van der Waals surface area contributed by atoms with Crippen molar-refractivity contribution in [3.63, 3.8) is 0 Å². The number of carbonyl (C=O) groups is 2. The molecular formula is C25H34O6Si. The van der Waals surface area contributed by atoms with Crippen LogP contribution in [0.25, 0.3) is 0 Å². The summed E-state index contributed by atoms with van der Waals surface area (Å²) >= 11 is 0. The number of benzene rings is 1. The SMILES string of the molecule is CC(=O)[C@]12C=C[C@H](OCc3ccccc3)C(O1)[C@@H](O[Si](C)(C)C(C)(C)C)[C@@]21CCOC1=O. The summed E-state index contributed by atoms with van der Waals surface area (Å²) in [6.07, 6.45) is 2.34. The van der Waals surface area contributed by atoms with Crippen LogP contribution in [-0.2, 0) is 34.8 Å². The molecule has 1 aromatic carbocycles. The van der Waals surface area contributed by atoms with Crippen LogP contribution in [0.4, 0.5) is 0 Å². The van der Waals surface area contributed by atoms with Crippen molar-refractivity contribution in [1.29, 1.82) is 0 Å². The van der Waals surface area contributed by atoms with Gasteiger partial charge in [-0.2, -0.15) is 0 Å². The van der Waals surface area contributed by atoms with E-state index in [-0.39, 0.29) is 17.4 Å². The second kappa shape index (κ2) is 7.90. The Hall–Kier alpha value is -1.80. The summed E-state index contributed by atoms with van der Waals surface area (Å²) in [7, 11) is -2.32. The number of rotatable bonds is 6. The minimum Gasteiger partial charge on any atom is -0.465 e. The van der Waals surface area contributed by atoms with Crippen molar-refractivity contribution in [2.45, 2.75) is 82.8 Å². The summed E-state index contributed by atoms with van der Waals surface area (Å²) in [6.45, 7) is 12.9. The Morgan fingerprint density at radius 1 is 1.22 bits per heavy atom. The third-order valence-corrected chi connectivity index (χ3v) is 12.2. The van der Waals surface area contributed by atoms with Crippen molar-refractivity contribution in [2.75, 3.05) is 6.61 Å². The van der Waals surface area contributed by atoms with Crippen molar-refractivity contribution in [2.24, 2.45) is 5.41 Å². The van der Waals surface area contributed by atoms with E-state index < -0.39 is 43.6 Å². The zero-order valence-electron chi connectivity index (χ0n) is 19.8. The molecule has 0 aliphatic carbocycles. The molecule has 0 saturated carbocycles. The van der Waals surface area contributed by atoms with Crippen molar-refractivity contribution in [1.82, 2.24) is 0 Å². The quantitative estimate of drug-likeness (QED) is 0.362. The molecule has 3 aliphatic rings. The fourth-order valence-corrected chi connectivity index (χ4v) is 6.19. The molecule has 0 N–H and O–H groups in total. The van der Waals surface area contributed by atoms with Crippen LogP contribution >= 0.6 is 0 Å². The highest BCUT2D eigenvalue weighted by atomic mass is 28.4. The van der Waals surface area contributed by atoms with Crippen LogP contribution in [0.3, 0.4) is 0 Å². The summed E-state index contributed by atoms with van der Waals surface area (Å²) < 4.78 is 25.1. The Morgan fingerprint density at radius 2 is 1.91 bits per heavy atom. The molecule has 32 heavy (non-hydrogen) atoms. The number of Topliss-reactive ketones (excluding diaryl/α,β-unsaturated/α-hetero) is 1. The number of ether oxygens (including phenoxy) is 3. The summed E-state index contributed by atoms with van der Waals surface area (Å²) in [5.74, 6) is -0.618. The zero-order chi connectivity index (χ0) is 23.4. The van der Waals surface area contributed by atoms with Gasteiger partial charge in [0.1, 0.15) is 17.6 Å². The van der Waals surface area contributed by atoms with E-state index in [1.165, 1.54) is 6.92 Å². The lowest BCUT2D eigenvalue weighted by Gasteiger charge is -2.43. The van der Waals surface area contributed by atoms with Gasteiger partial charge in [-0.05, 0) is 36.7 Å². The molecule has 174 valence electrons. The van der Waals surface area contributed by atoms with Crippen LogP contribution in [0.2, 0.25) is 18.1 Å². The number of hydrogen-bond donors (Lipinski definition) is 0. The van der Waals surface area contributed by atoms with Crippen LogP contribution < -0.4 is 0 Å². The Bertz CT molecular complexity index is 920. The van der Waals surface area contributed by atoms with Gasteiger partial charge in [0.25, 0.3) is 0 Å². The molecule has 1 spiro atoms. The molecule has 0 amide bonds. The molecule has 3 heterocycles. The van der Waals surface area contributed by atoms with E-state index in [0.29, 0.717) is 13.0 Å². The topological polar surface area (TPSA) is 71.1 Å². The second-order valence-electron chi connectivity index (χ2n) is 10.7. The highest BCUT2D eigenvalue weighted by Gasteiger charge is 2.76. The van der Waals surface area contributed by atoms with Gasteiger partial charge in [0.15, 0.2) is 19.7 Å². The number of hydrogen-bond acceptors (Lipinski definition) is 6. The lowest BCUT2D eigenvalue weighted by Crippen LogP contribution is -2.59. The van der Waals surface area contributed by atoms with Gasteiger partial charge in [-0.25, -0.2) is 0 Å². The van der Waals surface area contributed by atoms with E-state index in [1.54, 1.807) is 6.08 Å². The van der Waals surface area contributed by atoms with Crippen LogP contribution in [0.5, 0.6) is 0 Å². The van der Waals surface area contributed by atoms with Gasteiger partial charge < -0.3 is 18.6 Å². The average Bonchev–Trinajstić information content (AvgIpc) is 3.21. The molecule has 6 nitrogen and oxygen atoms in total. The van der Waals surface area contributed by atoms with E-state index in [2.05, 4.69) is 33.9 Å². The molecule has 3 aliphatic heterocycles. The standard InChI is InChI=1S/C25H34O6Si/c1-17(26)25-13-12-19(29-16-18-10-8-7-9-11-18)20(30-25)21(24(25)14-15-28-22(24)27)31-32(5,6)23(2,3)4/h7-13,19-21H,14-16H2,1-6H3/t19-,20?,21+,24+,25-/m0/s1. The number of carbonyl (C=O) groups excluding carboxylic acids is 2. The first-order chi connectivity index (χ1) is 14.9. The van der Waals surface area contributed by atoms with Crippen LogP contribution in [0, 0.1) is 5.41 Å². The molecule has 2 bridgehead atoms. The van der Waals surface area contributed by atoms with E-state index >= 15 is 0 Å². The van der Waals surface area contributed by atoms with Crippen LogP contribution in [0.15, 0.2) is 42.5 Å². The molecular weight excluding hydrogens is 424 g/mol. The maximum Gasteiger partial charge on any atom is 0.318 e. The lowest BCUT2D eigenvalue weighted by molar-refractivity contribution is -0.164. The second-order valence-corrected chi connectivity index (χ2v) is 15.4. The van der Waals surface area contributed by atoms with E-state index in [4.69, 9.17) is 18.6 Å². The first kappa shape index (κ1) is 23.4. The predicted octanol–water partition coefficient (Wildman–Crippen LogP) is 4.19. The molecule has 5 atom stereocenters. The van der Waals surface area contributed by atoms with Crippen molar-refractivity contribution >= 4 is 20.1 Å². The van der Waals surface area contributed by atoms with Crippen molar-refractivity contribution in [3.05, 3.63) is 48.0 Å². The zero-order valence-corrected chi connectivity index (χ0v) is 20.8. The fourth-order valence-electron chi connectivity index (χ4n) is 4.87. The van der Waals surface area contributed by atoms with Crippen molar-refractivity contribution in [3.8, 4) is 0 Å². The Morgan fingerprint density at radius 3 is 2.47 bits per heavy atom. The number of cyclic esters (lactones) is 1. The van der Waals surface area contributed by atoms with Gasteiger partial charge in [-0.15, -0.1) is 0 Å². The summed E-state index contributed by atoms with van der Waals surface area (Å²) in [5, 5.41) is -0.0788. The van der Waals surface area contributed by atoms with Gasteiger partial charge in [0.2, 0.25) is 0 Å². The third-order valence-electron chi connectivity index (χ3n) is 7.74. The molecule has 7 heteroatoms. The average molecular weight is 459 g/mol. The van der Waals surface area contributed by atoms with E-state index in [9.17, 15) is 9.59 Å². The summed E-state index contributed by atoms with van der Waals surface area (Å²) in [4.78, 5) is 26.3. The van der Waals surface area contributed by atoms with E-state index in [1.807, 2.05) is 36.4 Å². The Labute approximate surface area is 191 Å². The molecule has 2 saturated heterocycles. The maximum absolute atomic E-state index is 13.3. The molecule has 0 radical (unpaired) electrons. The molecule has 1 aromatic rings. The number of ketones is 1. The molecule has 2 fully saturated rings. The highest BCUT2D eigenvalue weighted by molar-refractivity contribution is 6.74. The van der Waals surface area contributed by atoms with Gasteiger partial charge in [0.05, 0.1) is 19.3 Å². The Balaban J connectivity index is 1.74. The smallest absolute Gasteiger partial charge is 0.318 e. The fraction of sp³-hybridized carbons (Fsp3) is 0.600. The minimum absolute atomic E-state index is 0.0788. The third kappa shape index (κ3) is 3.41. The monoisotopic (exact) mass is 458 g/mol. The summed E-state index contributed by atoms with van der Waals surface area (Å²) in [5.41, 5.74) is -1.54. The van der Waals surface area contributed by atoms with Gasteiger partial charge in [-0.3, -0.25) is 9.59 Å². The first-order valence-electron chi connectivity index (χ1n) is 11.3.